The van der Waals surface area contributed by atoms with Gasteiger partial charge in [0.05, 0.1) is 18.6 Å². The number of aliphatic hydroxyl groups is 1. The molecule has 5 amide bonds. The molecule has 6 rings (SSSR count). The Labute approximate surface area is 364 Å². The Morgan fingerprint density at radius 2 is 1.21 bits per heavy atom. The van der Waals surface area contributed by atoms with Crippen molar-refractivity contribution in [1.82, 2.24) is 26.6 Å². The first-order valence-corrected chi connectivity index (χ1v) is 22.0. The molecule has 0 saturated heterocycles. The van der Waals surface area contributed by atoms with Gasteiger partial charge in [0, 0.05) is 25.4 Å². The molecule has 5 aromatic carbocycles. The molecule has 6 N–H and O–H groups in total. The van der Waals surface area contributed by atoms with Gasteiger partial charge in [0.15, 0.2) is 0 Å². The van der Waals surface area contributed by atoms with E-state index in [0.29, 0.717) is 25.7 Å². The second kappa shape index (κ2) is 21.6. The third kappa shape index (κ3) is 12.7. The van der Waals surface area contributed by atoms with Crippen LogP contribution in [-0.2, 0) is 49.9 Å². The summed E-state index contributed by atoms with van der Waals surface area (Å²) in [5.41, 5.74) is 3.64. The zero-order valence-corrected chi connectivity index (χ0v) is 36.3. The van der Waals surface area contributed by atoms with Gasteiger partial charge in [-0.25, -0.2) is 0 Å². The fraction of sp³-hybridized carbons (Fsp3) is 0.392. The van der Waals surface area contributed by atoms with Gasteiger partial charge in [0.1, 0.15) is 12.1 Å². The highest BCUT2D eigenvalue weighted by molar-refractivity contribution is 5.92. The molecule has 0 radical (unpaired) electrons. The second-order valence-electron chi connectivity index (χ2n) is 17.6. The van der Waals surface area contributed by atoms with Gasteiger partial charge in [0.25, 0.3) is 0 Å². The van der Waals surface area contributed by atoms with E-state index in [1.807, 2.05) is 137 Å². The van der Waals surface area contributed by atoms with E-state index in [1.165, 1.54) is 0 Å². The van der Waals surface area contributed by atoms with Crippen molar-refractivity contribution in [2.45, 2.75) is 110 Å². The maximum atomic E-state index is 14.8. The van der Waals surface area contributed by atoms with Crippen LogP contribution in [0.2, 0.25) is 0 Å². The summed E-state index contributed by atoms with van der Waals surface area (Å²) < 4.78 is 0. The van der Waals surface area contributed by atoms with Crippen LogP contribution in [0.1, 0.15) is 82.1 Å². The van der Waals surface area contributed by atoms with Crippen molar-refractivity contribution in [3.8, 4) is 0 Å². The zero-order valence-electron chi connectivity index (χ0n) is 36.3. The summed E-state index contributed by atoms with van der Waals surface area (Å²) >= 11 is 0. The van der Waals surface area contributed by atoms with E-state index in [0.717, 1.165) is 43.8 Å². The van der Waals surface area contributed by atoms with Crippen LogP contribution in [0, 0.1) is 17.8 Å². The zero-order chi connectivity index (χ0) is 44.2. The molecule has 11 nitrogen and oxygen atoms in total. The molecule has 326 valence electrons. The first-order valence-electron chi connectivity index (χ1n) is 22.0. The van der Waals surface area contributed by atoms with E-state index < -0.39 is 42.0 Å². The Morgan fingerprint density at radius 3 is 1.81 bits per heavy atom. The Balaban J connectivity index is 1.31. The Kier molecular flexibility index (Phi) is 15.9. The van der Waals surface area contributed by atoms with Gasteiger partial charge in [-0.05, 0) is 87.7 Å². The van der Waals surface area contributed by atoms with Gasteiger partial charge < -0.3 is 31.7 Å². The van der Waals surface area contributed by atoms with Crippen LogP contribution in [-0.4, -0.2) is 58.9 Å². The molecule has 1 aliphatic rings. The molecule has 0 unspecified atom stereocenters. The minimum atomic E-state index is -1.30. The van der Waals surface area contributed by atoms with Gasteiger partial charge in [-0.15, -0.1) is 0 Å². The molecule has 0 spiro atoms. The van der Waals surface area contributed by atoms with Crippen LogP contribution in [0.15, 0.2) is 109 Å². The summed E-state index contributed by atoms with van der Waals surface area (Å²) in [6.07, 6.45) is -0.237. The average Bonchev–Trinajstić information content (AvgIpc) is 3.25. The maximum Gasteiger partial charge on any atom is 0.242 e. The highest BCUT2D eigenvalue weighted by Gasteiger charge is 2.32. The van der Waals surface area contributed by atoms with Crippen LogP contribution in [0.3, 0.4) is 0 Å². The Hall–Kier alpha value is -6.07. The lowest BCUT2D eigenvalue weighted by molar-refractivity contribution is -0.133. The predicted octanol–water partition coefficient (Wildman–Crippen LogP) is 6.42. The number of aliphatic hydroxyl groups excluding tert-OH is 1. The molecular weight excluding hydrogens is 779 g/mol. The molecule has 1 heterocycles. The number of hydrogen-bond donors (Lipinski definition) is 6. The fourth-order valence-corrected chi connectivity index (χ4v) is 8.41. The number of amides is 5. The first kappa shape index (κ1) is 45.5. The largest absolute Gasteiger partial charge is 0.390 e. The second-order valence-corrected chi connectivity index (χ2v) is 17.6. The highest BCUT2D eigenvalue weighted by Crippen LogP contribution is 2.27. The monoisotopic (exact) mass is 839 g/mol. The number of benzene rings is 5. The average molecular weight is 840 g/mol. The van der Waals surface area contributed by atoms with Crippen LogP contribution in [0.25, 0.3) is 21.5 Å². The third-order valence-corrected chi connectivity index (χ3v) is 11.6. The van der Waals surface area contributed by atoms with Crippen molar-refractivity contribution >= 4 is 51.1 Å². The number of nitrogens with one attached hydrogen (secondary N) is 5. The van der Waals surface area contributed by atoms with E-state index in [4.69, 9.17) is 0 Å². The smallest absolute Gasteiger partial charge is 0.242 e. The van der Waals surface area contributed by atoms with Gasteiger partial charge in [-0.1, -0.05) is 137 Å². The number of rotatable bonds is 10. The summed E-state index contributed by atoms with van der Waals surface area (Å²) in [6.45, 7) is 8.26. The molecule has 2 bridgehead atoms. The van der Waals surface area contributed by atoms with Crippen molar-refractivity contribution in [3.63, 3.8) is 0 Å². The van der Waals surface area contributed by atoms with Crippen molar-refractivity contribution < 1.29 is 29.1 Å². The molecule has 62 heavy (non-hydrogen) atoms. The minimum absolute atomic E-state index is 0.00735. The summed E-state index contributed by atoms with van der Waals surface area (Å²) in [7, 11) is 0. The highest BCUT2D eigenvalue weighted by atomic mass is 16.3. The normalized spacial score (nSPS) is 19.8. The lowest BCUT2D eigenvalue weighted by Gasteiger charge is -2.29. The molecule has 4 atom stereocenters. The Bertz CT molecular complexity index is 2270. The van der Waals surface area contributed by atoms with Crippen LogP contribution < -0.4 is 26.6 Å². The van der Waals surface area contributed by atoms with Gasteiger partial charge in [-0.3, -0.25) is 24.0 Å². The van der Waals surface area contributed by atoms with Gasteiger partial charge in [0.2, 0.25) is 29.5 Å². The topological polar surface area (TPSA) is 166 Å². The quantitative estimate of drug-likeness (QED) is 0.0951. The van der Waals surface area contributed by atoms with Gasteiger partial charge >= 0.3 is 0 Å². The molecule has 0 saturated carbocycles. The SMILES string of the molecule is CC(C)C[C@@H]1NC(=O)C[C@H](O)[C@H](CC(C)C)NC(=O)[C@@H](NC(=O)C(Cc2cccc3ccccc23)Cc2cccc3ccccc23)CCC(=O)NCc2cccc(c2)CNC1=O. The lowest BCUT2D eigenvalue weighted by Crippen LogP contribution is -2.55. The number of carbonyl (C=O) groups excluding carboxylic acids is 5. The van der Waals surface area contributed by atoms with E-state index in [9.17, 15) is 29.1 Å². The lowest BCUT2D eigenvalue weighted by atomic mass is 9.87. The first-order chi connectivity index (χ1) is 29.8. The minimum Gasteiger partial charge on any atom is -0.390 e. The van der Waals surface area contributed by atoms with Crippen LogP contribution in [0.4, 0.5) is 0 Å². The predicted molar refractivity (Wildman–Crippen MR) is 243 cm³/mol. The third-order valence-electron chi connectivity index (χ3n) is 11.6. The summed E-state index contributed by atoms with van der Waals surface area (Å²) in [6, 6.07) is 32.9. The summed E-state index contributed by atoms with van der Waals surface area (Å²) in [5.74, 6) is -2.57. The summed E-state index contributed by atoms with van der Waals surface area (Å²) in [4.78, 5) is 69.5. The Morgan fingerprint density at radius 1 is 0.661 bits per heavy atom. The molecule has 1 aliphatic heterocycles. The summed E-state index contributed by atoms with van der Waals surface area (Å²) in [5, 5.41) is 30.5. The molecule has 0 aromatic heterocycles. The molecule has 0 fully saturated rings. The van der Waals surface area contributed by atoms with Crippen molar-refractivity contribution in [2.75, 3.05) is 0 Å². The number of fused-ring (bicyclic) bond motifs is 4. The van der Waals surface area contributed by atoms with E-state index >= 15 is 0 Å². The standard InChI is InChI=1S/C51H61N5O6/c1-32(2)24-44-46(57)29-48(59)54-45(25-33(3)4)50(61)53-31-35-13-9-12-34(26-35)30-52-47(58)23-22-43(51(62)56-44)55-49(60)40(27-38-18-10-16-36-14-5-7-20-41(36)38)28-39-19-11-17-37-15-6-8-21-42(37)39/h5-21,26,32-33,40,43-46,57H,22-25,27-31H2,1-4H3,(H,52,58)(H,53,61)(H,54,59)(H,55,60)(H,56,62)/t43-,44-,45-,46-/m0/s1. The molecule has 0 aliphatic carbocycles. The van der Waals surface area contributed by atoms with Gasteiger partial charge in [-0.2, -0.15) is 0 Å². The van der Waals surface area contributed by atoms with Crippen LogP contribution in [0.5, 0.6) is 0 Å². The van der Waals surface area contributed by atoms with E-state index in [-0.39, 0.29) is 61.9 Å². The maximum absolute atomic E-state index is 14.8. The van der Waals surface area contributed by atoms with E-state index in [1.54, 1.807) is 0 Å². The number of hydrogen-bond acceptors (Lipinski definition) is 6. The molecule has 11 heteroatoms. The van der Waals surface area contributed by atoms with Crippen molar-refractivity contribution in [3.05, 3.63) is 131 Å². The van der Waals surface area contributed by atoms with E-state index in [2.05, 4.69) is 26.6 Å². The molecular formula is C51H61N5O6. The fourth-order valence-electron chi connectivity index (χ4n) is 8.41. The van der Waals surface area contributed by atoms with Crippen molar-refractivity contribution in [1.29, 1.82) is 0 Å². The van der Waals surface area contributed by atoms with Crippen molar-refractivity contribution in [2.24, 2.45) is 17.8 Å². The van der Waals surface area contributed by atoms with Crippen LogP contribution >= 0.6 is 0 Å². The molecule has 5 aromatic rings. The number of carbonyl (C=O) groups is 5.